The van der Waals surface area contributed by atoms with Crippen LogP contribution in [0.4, 0.5) is 21.0 Å². The van der Waals surface area contributed by atoms with Crippen LogP contribution in [0.25, 0.3) is 0 Å². The third kappa shape index (κ3) is 22.5. The Morgan fingerprint density at radius 3 is 1.19 bits per heavy atom. The lowest BCUT2D eigenvalue weighted by molar-refractivity contribution is 0.255. The van der Waals surface area contributed by atoms with Crippen LogP contribution in [0.2, 0.25) is 0 Å². The highest BCUT2D eigenvalue weighted by Crippen LogP contribution is 2.06. The first kappa shape index (κ1) is 15.8. The third-order valence-electron chi connectivity index (χ3n) is 0.911. The minimum atomic E-state index is -0.833. The smallest absolute Gasteiger partial charge is 0.309 e. The van der Waals surface area contributed by atoms with Crippen LogP contribution in [-0.2, 0) is 0 Å². The van der Waals surface area contributed by atoms with Crippen LogP contribution in [0.3, 0.4) is 0 Å². The maximum Gasteiger partial charge on any atom is 0.309 e. The summed E-state index contributed by atoms with van der Waals surface area (Å²) in [6, 6.07) is 5.48. The number of nitrogen functional groups attached to an aromatic ring is 2. The predicted octanol–water partition coefficient (Wildman–Crippen LogP) is -1.10. The maximum absolute atomic E-state index is 9.00. The molecule has 0 bridgehead atoms. The van der Waals surface area contributed by atoms with Crippen molar-refractivity contribution in [3.05, 3.63) is 24.3 Å². The van der Waals surface area contributed by atoms with Gasteiger partial charge in [0.15, 0.2) is 0 Å². The normalized spacial score (nSPS) is 7.50. The number of hydrogen-bond acceptors (Lipinski definition) is 4. The van der Waals surface area contributed by atoms with Crippen LogP contribution in [0.15, 0.2) is 24.3 Å². The number of carbonyl (C=O) groups is 2. The summed E-state index contributed by atoms with van der Waals surface area (Å²) < 4.78 is 0. The zero-order valence-electron chi connectivity index (χ0n) is 8.59. The molecule has 0 aliphatic rings. The van der Waals surface area contributed by atoms with Gasteiger partial charge in [-0.1, -0.05) is 6.07 Å². The molecule has 1 aromatic rings. The first-order chi connectivity index (χ1) is 7.25. The van der Waals surface area contributed by atoms with Gasteiger partial charge in [-0.15, -0.1) is 0 Å². The van der Waals surface area contributed by atoms with Crippen molar-refractivity contribution in [1.29, 1.82) is 0 Å². The van der Waals surface area contributed by atoms with Crippen molar-refractivity contribution in [3.63, 3.8) is 0 Å². The molecule has 1 rings (SSSR count). The fourth-order valence-corrected chi connectivity index (χ4v) is 0.559. The molecule has 0 atom stereocenters. The van der Waals surface area contributed by atoms with Crippen LogP contribution in [0.5, 0.6) is 0 Å². The van der Waals surface area contributed by atoms with Gasteiger partial charge in [-0.05, 0) is 18.2 Å². The van der Waals surface area contributed by atoms with Gasteiger partial charge in [0.05, 0.1) is 0 Å². The van der Waals surface area contributed by atoms with Crippen LogP contribution >= 0.6 is 0 Å². The Bertz CT molecular complexity index is 304. The number of benzene rings is 1. The summed E-state index contributed by atoms with van der Waals surface area (Å²) in [6.45, 7) is 0. The number of carbonyl (C=O) groups excluding carboxylic acids is 2. The Hall–Kier alpha value is -2.64. The topological polar surface area (TPSA) is 190 Å². The lowest BCUT2D eigenvalue weighted by Gasteiger charge is -1.91. The summed E-state index contributed by atoms with van der Waals surface area (Å²) in [6.07, 6.45) is 0. The van der Waals surface area contributed by atoms with E-state index in [9.17, 15) is 0 Å². The molecule has 1 aromatic carbocycles. The molecule has 16 heavy (non-hydrogen) atoms. The lowest BCUT2D eigenvalue weighted by Crippen LogP contribution is -2.18. The summed E-state index contributed by atoms with van der Waals surface area (Å²) in [5.41, 5.74) is 29.2. The second-order valence-corrected chi connectivity index (χ2v) is 2.47. The van der Waals surface area contributed by atoms with Gasteiger partial charge in [0.1, 0.15) is 0 Å². The van der Waals surface area contributed by atoms with Crippen molar-refractivity contribution in [2.45, 2.75) is 0 Å². The number of amides is 4. The Morgan fingerprint density at radius 1 is 0.812 bits per heavy atom. The summed E-state index contributed by atoms with van der Waals surface area (Å²) in [5, 5.41) is 0. The van der Waals surface area contributed by atoms with Gasteiger partial charge in [0, 0.05) is 11.4 Å². The molecular formula is C8H16N6O2. The van der Waals surface area contributed by atoms with Gasteiger partial charge in [0.2, 0.25) is 0 Å². The minimum absolute atomic E-state index is 0.713. The predicted molar refractivity (Wildman–Crippen MR) is 62.8 cm³/mol. The van der Waals surface area contributed by atoms with Crippen molar-refractivity contribution in [2.75, 3.05) is 11.5 Å². The van der Waals surface area contributed by atoms with Crippen molar-refractivity contribution in [1.82, 2.24) is 0 Å². The highest BCUT2D eigenvalue weighted by Gasteiger charge is 1.81. The number of anilines is 2. The summed E-state index contributed by atoms with van der Waals surface area (Å²) >= 11 is 0. The Labute approximate surface area is 92.5 Å². The van der Waals surface area contributed by atoms with E-state index in [1.54, 1.807) is 18.2 Å². The first-order valence-electron chi connectivity index (χ1n) is 3.96. The van der Waals surface area contributed by atoms with E-state index >= 15 is 0 Å². The van der Waals surface area contributed by atoms with Crippen molar-refractivity contribution in [2.24, 2.45) is 22.9 Å². The number of primary amides is 4. The average Bonchev–Trinajstić information content (AvgIpc) is 2.00. The molecule has 0 saturated carbocycles. The van der Waals surface area contributed by atoms with Gasteiger partial charge < -0.3 is 34.4 Å². The molecule has 90 valence electrons. The second-order valence-electron chi connectivity index (χ2n) is 2.47. The van der Waals surface area contributed by atoms with Gasteiger partial charge in [-0.25, -0.2) is 9.59 Å². The molecule has 0 fully saturated rings. The van der Waals surface area contributed by atoms with E-state index in [1.165, 1.54) is 0 Å². The van der Waals surface area contributed by atoms with Crippen molar-refractivity contribution >= 4 is 23.4 Å². The number of hydrogen-bond donors (Lipinski definition) is 6. The third-order valence-corrected chi connectivity index (χ3v) is 0.911. The SMILES string of the molecule is NC(N)=O.NC(N)=O.Nc1cccc(N)c1. The van der Waals surface area contributed by atoms with Gasteiger partial charge in [0.25, 0.3) is 0 Å². The fraction of sp³-hybridized carbons (Fsp3) is 0. The zero-order chi connectivity index (χ0) is 13.1. The molecule has 0 aliphatic heterocycles. The monoisotopic (exact) mass is 228 g/mol. The largest absolute Gasteiger partial charge is 0.399 e. The van der Waals surface area contributed by atoms with E-state index in [0.717, 1.165) is 0 Å². The molecular weight excluding hydrogens is 212 g/mol. The highest BCUT2D eigenvalue weighted by molar-refractivity contribution is 5.69. The Morgan fingerprint density at radius 2 is 1.06 bits per heavy atom. The van der Waals surface area contributed by atoms with Gasteiger partial charge in [-0.3, -0.25) is 0 Å². The molecule has 12 N–H and O–H groups in total. The van der Waals surface area contributed by atoms with Crippen molar-refractivity contribution < 1.29 is 9.59 Å². The van der Waals surface area contributed by atoms with E-state index in [-0.39, 0.29) is 0 Å². The molecule has 0 aliphatic carbocycles. The quantitative estimate of drug-likeness (QED) is 0.307. The van der Waals surface area contributed by atoms with E-state index in [0.29, 0.717) is 11.4 Å². The van der Waals surface area contributed by atoms with Gasteiger partial charge in [-0.2, -0.15) is 0 Å². The standard InChI is InChI=1S/C6H8N2.2CH4N2O/c7-5-2-1-3-6(8)4-5;2*2-1(3)4/h1-4H,7-8H2;2*(H4,2,3,4). The molecule has 0 unspecified atom stereocenters. The average molecular weight is 228 g/mol. The molecule has 0 heterocycles. The summed E-state index contributed by atoms with van der Waals surface area (Å²) in [5.74, 6) is 0. The minimum Gasteiger partial charge on any atom is -0.399 e. The van der Waals surface area contributed by atoms with Crippen LogP contribution in [0.1, 0.15) is 0 Å². The van der Waals surface area contributed by atoms with Gasteiger partial charge >= 0.3 is 12.1 Å². The summed E-state index contributed by atoms with van der Waals surface area (Å²) in [4.78, 5) is 18.0. The van der Waals surface area contributed by atoms with E-state index in [4.69, 9.17) is 21.1 Å². The van der Waals surface area contributed by atoms with Crippen LogP contribution < -0.4 is 34.4 Å². The molecule has 0 spiro atoms. The fourth-order valence-electron chi connectivity index (χ4n) is 0.559. The van der Waals surface area contributed by atoms with Crippen LogP contribution in [0, 0.1) is 0 Å². The number of nitrogens with two attached hydrogens (primary N) is 6. The molecule has 0 aromatic heterocycles. The highest BCUT2D eigenvalue weighted by atomic mass is 16.2. The first-order valence-corrected chi connectivity index (χ1v) is 3.96. The second kappa shape index (κ2) is 8.94. The molecule has 0 radical (unpaired) electrons. The van der Waals surface area contributed by atoms with E-state index < -0.39 is 12.1 Å². The van der Waals surface area contributed by atoms with Crippen molar-refractivity contribution in [3.8, 4) is 0 Å². The molecule has 0 saturated heterocycles. The molecule has 8 heteroatoms. The Kier molecular flexibility index (Phi) is 8.83. The molecule has 8 nitrogen and oxygen atoms in total. The maximum atomic E-state index is 9.00. The zero-order valence-corrected chi connectivity index (χ0v) is 8.59. The summed E-state index contributed by atoms with van der Waals surface area (Å²) in [7, 11) is 0. The van der Waals surface area contributed by atoms with E-state index in [1.807, 2.05) is 6.07 Å². The van der Waals surface area contributed by atoms with Crippen LogP contribution in [-0.4, -0.2) is 12.1 Å². The number of urea groups is 2. The van der Waals surface area contributed by atoms with E-state index in [2.05, 4.69) is 22.9 Å². The Balaban J connectivity index is 0. The molecule has 4 amide bonds. The lowest BCUT2D eigenvalue weighted by atomic mass is 10.3. The number of rotatable bonds is 0.